The average molecular weight is 511 g/mol. The number of carbonyl (C=O) groups excluding carboxylic acids is 2. The van der Waals surface area contributed by atoms with Crippen LogP contribution in [0, 0.1) is 6.92 Å². The highest BCUT2D eigenvalue weighted by Gasteiger charge is 2.22. The minimum atomic E-state index is -0.615. The maximum absolute atomic E-state index is 13.8. The summed E-state index contributed by atoms with van der Waals surface area (Å²) in [5.41, 5.74) is 2.62. The molecule has 5 aromatic rings. The normalized spacial score (nSPS) is 11.1. The predicted molar refractivity (Wildman–Crippen MR) is 146 cm³/mol. The van der Waals surface area contributed by atoms with Gasteiger partial charge in [0.05, 0.1) is 28.9 Å². The van der Waals surface area contributed by atoms with Crippen molar-refractivity contribution in [1.29, 1.82) is 0 Å². The van der Waals surface area contributed by atoms with E-state index in [0.717, 1.165) is 15.6 Å². The summed E-state index contributed by atoms with van der Waals surface area (Å²) in [6, 6.07) is 20.7. The van der Waals surface area contributed by atoms with Crippen molar-refractivity contribution < 1.29 is 14.3 Å². The molecule has 0 saturated heterocycles. The Labute approximate surface area is 217 Å². The Morgan fingerprint density at radius 3 is 2.32 bits per heavy atom. The summed E-state index contributed by atoms with van der Waals surface area (Å²) in [6.45, 7) is 3.59. The highest BCUT2D eigenvalue weighted by Crippen LogP contribution is 2.27. The maximum atomic E-state index is 13.8. The van der Waals surface area contributed by atoms with Gasteiger partial charge in [-0.05, 0) is 62.4 Å². The van der Waals surface area contributed by atoms with E-state index in [1.807, 2.05) is 25.1 Å². The fraction of sp³-hybridized carbons (Fsp3) is 0.172. The van der Waals surface area contributed by atoms with Gasteiger partial charge in [-0.1, -0.05) is 29.8 Å². The number of hydrogen-bond donors (Lipinski definition) is 1. The van der Waals surface area contributed by atoms with E-state index in [9.17, 15) is 19.2 Å². The highest BCUT2D eigenvalue weighted by molar-refractivity contribution is 6.06. The van der Waals surface area contributed by atoms with Crippen LogP contribution in [0.2, 0.25) is 0 Å². The molecule has 5 rings (SSSR count). The molecule has 3 aromatic carbocycles. The lowest BCUT2D eigenvalue weighted by atomic mass is 10.1. The molecule has 2 heterocycles. The minimum Gasteiger partial charge on any atom is -0.462 e. The molecule has 0 fully saturated rings. The van der Waals surface area contributed by atoms with Gasteiger partial charge in [-0.3, -0.25) is 14.2 Å². The van der Waals surface area contributed by atoms with E-state index in [0.29, 0.717) is 33.4 Å². The molecule has 0 aliphatic heterocycles. The number of ether oxygens (including phenoxy) is 1. The number of nitrogens with one attached hydrogen (secondary N) is 1. The van der Waals surface area contributed by atoms with Crippen molar-refractivity contribution >= 4 is 39.5 Å². The van der Waals surface area contributed by atoms with Crippen LogP contribution in [0.5, 0.6) is 0 Å². The van der Waals surface area contributed by atoms with Crippen molar-refractivity contribution in [2.45, 2.75) is 20.4 Å². The number of amides is 1. The van der Waals surface area contributed by atoms with E-state index < -0.39 is 23.1 Å². The van der Waals surface area contributed by atoms with Crippen LogP contribution in [0.1, 0.15) is 22.8 Å². The van der Waals surface area contributed by atoms with Gasteiger partial charge in [0.15, 0.2) is 0 Å². The summed E-state index contributed by atoms with van der Waals surface area (Å²) in [4.78, 5) is 52.6. The first-order chi connectivity index (χ1) is 18.3. The summed E-state index contributed by atoms with van der Waals surface area (Å²) in [5.74, 6) is -0.908. The summed E-state index contributed by atoms with van der Waals surface area (Å²) < 4.78 is 9.18. The van der Waals surface area contributed by atoms with Gasteiger partial charge in [-0.25, -0.2) is 14.2 Å². The second kappa shape index (κ2) is 9.85. The first kappa shape index (κ1) is 24.8. The van der Waals surface area contributed by atoms with Crippen LogP contribution < -0.4 is 16.6 Å². The van der Waals surface area contributed by atoms with Crippen molar-refractivity contribution in [1.82, 2.24) is 13.7 Å². The van der Waals surface area contributed by atoms with Crippen LogP contribution in [0.25, 0.3) is 27.6 Å². The van der Waals surface area contributed by atoms with Gasteiger partial charge >= 0.3 is 11.7 Å². The Balaban J connectivity index is 1.63. The second-order valence-corrected chi connectivity index (χ2v) is 8.97. The third kappa shape index (κ3) is 4.28. The number of esters is 1. The largest absolute Gasteiger partial charge is 0.462 e. The van der Waals surface area contributed by atoms with E-state index in [4.69, 9.17) is 4.74 Å². The Bertz CT molecular complexity index is 1810. The smallest absolute Gasteiger partial charge is 0.338 e. The Kier molecular flexibility index (Phi) is 6.42. The van der Waals surface area contributed by atoms with Gasteiger partial charge < -0.3 is 14.6 Å². The van der Waals surface area contributed by atoms with Crippen LogP contribution >= 0.6 is 0 Å². The SMILES string of the molecule is CCOC(=O)c1ccc(NC(=O)Cn2c(=O)n(-c3ccccc3)c(=O)c3c2c2cc(C)ccc2n3C)cc1. The number of carbonyl (C=O) groups is 2. The topological polar surface area (TPSA) is 104 Å². The van der Waals surface area contributed by atoms with E-state index in [-0.39, 0.29) is 13.2 Å². The first-order valence-corrected chi connectivity index (χ1v) is 12.2. The zero-order valence-electron chi connectivity index (χ0n) is 21.2. The highest BCUT2D eigenvalue weighted by atomic mass is 16.5. The van der Waals surface area contributed by atoms with E-state index in [1.54, 1.807) is 73.1 Å². The second-order valence-electron chi connectivity index (χ2n) is 8.97. The molecule has 2 aromatic heterocycles. The molecular weight excluding hydrogens is 484 g/mol. The lowest BCUT2D eigenvalue weighted by Gasteiger charge is -2.13. The Morgan fingerprint density at radius 2 is 1.63 bits per heavy atom. The number of para-hydroxylation sites is 1. The van der Waals surface area contributed by atoms with E-state index in [1.165, 1.54) is 4.57 Å². The molecular formula is C29H26N4O5. The average Bonchev–Trinajstić information content (AvgIpc) is 3.19. The van der Waals surface area contributed by atoms with Gasteiger partial charge in [0.1, 0.15) is 12.1 Å². The number of nitrogens with zero attached hydrogens (tertiary/aromatic N) is 3. The molecule has 0 radical (unpaired) electrons. The fourth-order valence-corrected chi connectivity index (χ4v) is 4.67. The third-order valence-corrected chi connectivity index (χ3v) is 6.42. The first-order valence-electron chi connectivity index (χ1n) is 12.2. The Hall–Kier alpha value is -4.92. The number of benzene rings is 3. The predicted octanol–water partition coefficient (Wildman–Crippen LogP) is 3.77. The van der Waals surface area contributed by atoms with Gasteiger partial charge in [-0.15, -0.1) is 0 Å². The van der Waals surface area contributed by atoms with E-state index in [2.05, 4.69) is 5.32 Å². The Morgan fingerprint density at radius 1 is 0.921 bits per heavy atom. The number of aromatic nitrogens is 3. The quantitative estimate of drug-likeness (QED) is 0.350. The monoisotopic (exact) mass is 510 g/mol. The van der Waals surface area contributed by atoms with Crippen molar-refractivity contribution in [3.8, 4) is 5.69 Å². The molecule has 0 saturated carbocycles. The van der Waals surface area contributed by atoms with Gasteiger partial charge in [0, 0.05) is 18.1 Å². The molecule has 38 heavy (non-hydrogen) atoms. The summed E-state index contributed by atoms with van der Waals surface area (Å²) >= 11 is 0. The zero-order chi connectivity index (χ0) is 27.0. The maximum Gasteiger partial charge on any atom is 0.338 e. The molecule has 0 aliphatic carbocycles. The van der Waals surface area contributed by atoms with Crippen molar-refractivity contribution in [2.24, 2.45) is 7.05 Å². The van der Waals surface area contributed by atoms with Crippen LogP contribution in [0.15, 0.2) is 82.4 Å². The molecule has 0 aliphatic rings. The fourth-order valence-electron chi connectivity index (χ4n) is 4.67. The van der Waals surface area contributed by atoms with Crippen LogP contribution in [0.4, 0.5) is 5.69 Å². The molecule has 0 bridgehead atoms. The van der Waals surface area contributed by atoms with E-state index >= 15 is 0 Å². The van der Waals surface area contributed by atoms with Crippen LogP contribution in [-0.2, 0) is 23.1 Å². The number of anilines is 1. The van der Waals surface area contributed by atoms with Crippen molar-refractivity contribution in [3.63, 3.8) is 0 Å². The summed E-state index contributed by atoms with van der Waals surface area (Å²) in [5, 5.41) is 3.49. The molecule has 1 amide bonds. The number of rotatable bonds is 6. The molecule has 9 nitrogen and oxygen atoms in total. The standard InChI is InChI=1S/C29H26N4O5/c1-4-38-28(36)19-11-13-20(14-12-19)30-24(34)17-32-25-22-16-18(2)10-15-23(22)31(3)26(25)27(35)33(29(32)37)21-8-6-5-7-9-21/h5-16H,4,17H2,1-3H3,(H,30,34). The minimum absolute atomic E-state index is 0.263. The number of aryl methyl sites for hydroxylation is 2. The molecule has 192 valence electrons. The van der Waals surface area contributed by atoms with Gasteiger partial charge in [0.2, 0.25) is 5.91 Å². The van der Waals surface area contributed by atoms with Crippen LogP contribution in [-0.4, -0.2) is 32.2 Å². The third-order valence-electron chi connectivity index (χ3n) is 6.42. The van der Waals surface area contributed by atoms with Crippen LogP contribution in [0.3, 0.4) is 0 Å². The summed E-state index contributed by atoms with van der Waals surface area (Å²) in [6.07, 6.45) is 0. The van der Waals surface area contributed by atoms with Crippen molar-refractivity contribution in [2.75, 3.05) is 11.9 Å². The number of fused-ring (bicyclic) bond motifs is 3. The van der Waals surface area contributed by atoms with Gasteiger partial charge in [-0.2, -0.15) is 0 Å². The summed E-state index contributed by atoms with van der Waals surface area (Å²) in [7, 11) is 1.77. The molecule has 0 spiro atoms. The molecule has 0 unspecified atom stereocenters. The molecule has 9 heteroatoms. The lowest BCUT2D eigenvalue weighted by molar-refractivity contribution is -0.116. The molecule has 1 N–H and O–H groups in total. The molecule has 0 atom stereocenters. The van der Waals surface area contributed by atoms with Crippen molar-refractivity contribution in [3.05, 3.63) is 105 Å². The lowest BCUT2D eigenvalue weighted by Crippen LogP contribution is -2.41. The zero-order valence-corrected chi connectivity index (χ0v) is 21.2. The number of hydrogen-bond acceptors (Lipinski definition) is 5. The van der Waals surface area contributed by atoms with Gasteiger partial charge in [0.25, 0.3) is 5.56 Å².